The highest BCUT2D eigenvalue weighted by Gasteiger charge is 2.26. The zero-order chi connectivity index (χ0) is 12.1. The molecule has 2 nitrogen and oxygen atoms in total. The summed E-state index contributed by atoms with van der Waals surface area (Å²) in [5.74, 6) is 2.67. The van der Waals surface area contributed by atoms with Crippen LogP contribution in [0.3, 0.4) is 0 Å². The Labute approximate surface area is 104 Å². The predicted molar refractivity (Wildman–Crippen MR) is 71.5 cm³/mol. The molecule has 0 amide bonds. The average Bonchev–Trinajstić information content (AvgIpc) is 2.78. The Bertz CT molecular complexity index is 351. The Morgan fingerprint density at radius 1 is 1.29 bits per heavy atom. The van der Waals surface area contributed by atoms with Crippen LogP contribution in [-0.4, -0.2) is 20.7 Å². The van der Waals surface area contributed by atoms with Gasteiger partial charge < -0.3 is 10.1 Å². The lowest BCUT2D eigenvalue weighted by Gasteiger charge is -2.19. The maximum atomic E-state index is 5.28. The van der Waals surface area contributed by atoms with Crippen molar-refractivity contribution in [3.05, 3.63) is 29.8 Å². The lowest BCUT2D eigenvalue weighted by Crippen LogP contribution is -2.23. The normalized spacial score (nSPS) is 23.9. The summed E-state index contributed by atoms with van der Waals surface area (Å²) < 4.78 is 5.28. The van der Waals surface area contributed by atoms with E-state index in [0.717, 1.165) is 24.1 Å². The van der Waals surface area contributed by atoms with Crippen molar-refractivity contribution < 1.29 is 4.74 Å². The van der Waals surface area contributed by atoms with Crippen molar-refractivity contribution in [1.82, 2.24) is 5.32 Å². The van der Waals surface area contributed by atoms with Crippen LogP contribution in [0.2, 0.25) is 0 Å². The molecule has 1 fully saturated rings. The first-order valence-corrected chi connectivity index (χ1v) is 6.61. The lowest BCUT2D eigenvalue weighted by molar-refractivity contribution is 0.373. The number of methoxy groups -OCH3 is 1. The van der Waals surface area contributed by atoms with E-state index in [1.165, 1.54) is 31.2 Å². The SMILES string of the molecule is CNCC1CCCC1Cc1cccc(OC)c1. The van der Waals surface area contributed by atoms with E-state index in [2.05, 4.69) is 30.6 Å². The molecule has 1 aromatic rings. The molecule has 2 atom stereocenters. The number of nitrogens with one attached hydrogen (secondary N) is 1. The van der Waals surface area contributed by atoms with Crippen molar-refractivity contribution in [2.45, 2.75) is 25.7 Å². The standard InChI is InChI=1S/C15H23NO/c1-16-11-14-7-4-6-13(14)9-12-5-3-8-15(10-12)17-2/h3,5,8,10,13-14,16H,4,6-7,9,11H2,1-2H3. The maximum absolute atomic E-state index is 5.28. The lowest BCUT2D eigenvalue weighted by atomic mass is 9.89. The monoisotopic (exact) mass is 233 g/mol. The first-order valence-electron chi connectivity index (χ1n) is 6.61. The van der Waals surface area contributed by atoms with Crippen molar-refractivity contribution in [1.29, 1.82) is 0 Å². The molecular formula is C15H23NO. The van der Waals surface area contributed by atoms with Crippen LogP contribution in [-0.2, 0) is 6.42 Å². The second-order valence-electron chi connectivity index (χ2n) is 5.06. The van der Waals surface area contributed by atoms with Gasteiger partial charge in [-0.1, -0.05) is 18.6 Å². The van der Waals surface area contributed by atoms with Gasteiger partial charge in [-0.05, 0) is 62.4 Å². The van der Waals surface area contributed by atoms with Crippen LogP contribution in [0.5, 0.6) is 5.75 Å². The number of hydrogen-bond acceptors (Lipinski definition) is 2. The molecule has 94 valence electrons. The molecule has 0 spiro atoms. The number of hydrogen-bond donors (Lipinski definition) is 1. The molecule has 2 rings (SSSR count). The number of benzene rings is 1. The fraction of sp³-hybridized carbons (Fsp3) is 0.600. The van der Waals surface area contributed by atoms with Crippen molar-refractivity contribution in [2.75, 3.05) is 20.7 Å². The topological polar surface area (TPSA) is 21.3 Å². The smallest absolute Gasteiger partial charge is 0.119 e. The first-order chi connectivity index (χ1) is 8.33. The zero-order valence-electron chi connectivity index (χ0n) is 10.9. The van der Waals surface area contributed by atoms with Crippen LogP contribution in [0, 0.1) is 11.8 Å². The van der Waals surface area contributed by atoms with Gasteiger partial charge in [0.05, 0.1) is 7.11 Å². The van der Waals surface area contributed by atoms with E-state index >= 15 is 0 Å². The Balaban J connectivity index is 1.99. The molecule has 1 N–H and O–H groups in total. The zero-order valence-corrected chi connectivity index (χ0v) is 10.9. The van der Waals surface area contributed by atoms with Crippen molar-refractivity contribution in [3.8, 4) is 5.75 Å². The van der Waals surface area contributed by atoms with Gasteiger partial charge in [-0.3, -0.25) is 0 Å². The van der Waals surface area contributed by atoms with Crippen LogP contribution >= 0.6 is 0 Å². The molecule has 17 heavy (non-hydrogen) atoms. The van der Waals surface area contributed by atoms with E-state index in [0.29, 0.717) is 0 Å². The van der Waals surface area contributed by atoms with Gasteiger partial charge in [0.1, 0.15) is 5.75 Å². The summed E-state index contributed by atoms with van der Waals surface area (Å²) in [5, 5.41) is 3.32. The third-order valence-electron chi connectivity index (χ3n) is 3.91. The van der Waals surface area contributed by atoms with Crippen molar-refractivity contribution in [2.24, 2.45) is 11.8 Å². The van der Waals surface area contributed by atoms with Gasteiger partial charge in [0, 0.05) is 0 Å². The minimum absolute atomic E-state index is 0.842. The molecule has 1 saturated carbocycles. The summed E-state index contributed by atoms with van der Waals surface area (Å²) in [4.78, 5) is 0. The van der Waals surface area contributed by atoms with Gasteiger partial charge in [0.15, 0.2) is 0 Å². The van der Waals surface area contributed by atoms with Crippen molar-refractivity contribution >= 4 is 0 Å². The fourth-order valence-corrected chi connectivity index (χ4v) is 3.02. The van der Waals surface area contributed by atoms with E-state index in [1.54, 1.807) is 7.11 Å². The van der Waals surface area contributed by atoms with Gasteiger partial charge in [-0.2, -0.15) is 0 Å². The predicted octanol–water partition coefficient (Wildman–Crippen LogP) is 2.87. The van der Waals surface area contributed by atoms with E-state index in [9.17, 15) is 0 Å². The molecule has 2 unspecified atom stereocenters. The van der Waals surface area contributed by atoms with Crippen LogP contribution in [0.15, 0.2) is 24.3 Å². The Hall–Kier alpha value is -1.02. The van der Waals surface area contributed by atoms with Crippen LogP contribution in [0.25, 0.3) is 0 Å². The molecule has 1 aliphatic rings. The quantitative estimate of drug-likeness (QED) is 0.844. The second-order valence-corrected chi connectivity index (χ2v) is 5.06. The molecule has 1 aromatic carbocycles. The summed E-state index contributed by atoms with van der Waals surface area (Å²) >= 11 is 0. The summed E-state index contributed by atoms with van der Waals surface area (Å²) in [5.41, 5.74) is 1.41. The molecule has 0 heterocycles. The Morgan fingerprint density at radius 3 is 2.88 bits per heavy atom. The van der Waals surface area contributed by atoms with Crippen LogP contribution in [0.4, 0.5) is 0 Å². The summed E-state index contributed by atoms with van der Waals surface area (Å²) in [7, 11) is 3.79. The molecular weight excluding hydrogens is 210 g/mol. The minimum atomic E-state index is 0.842. The highest BCUT2D eigenvalue weighted by molar-refractivity contribution is 5.28. The average molecular weight is 233 g/mol. The van der Waals surface area contributed by atoms with E-state index in [4.69, 9.17) is 4.74 Å². The van der Waals surface area contributed by atoms with E-state index in [-0.39, 0.29) is 0 Å². The third kappa shape index (κ3) is 3.22. The summed E-state index contributed by atoms with van der Waals surface area (Å²) in [6.45, 7) is 1.16. The molecule has 0 saturated heterocycles. The maximum Gasteiger partial charge on any atom is 0.119 e. The molecule has 1 aliphatic carbocycles. The van der Waals surface area contributed by atoms with Gasteiger partial charge in [0.2, 0.25) is 0 Å². The molecule has 0 bridgehead atoms. The summed E-state index contributed by atoms with van der Waals surface area (Å²) in [6, 6.07) is 8.51. The number of ether oxygens (including phenoxy) is 1. The minimum Gasteiger partial charge on any atom is -0.497 e. The van der Waals surface area contributed by atoms with Crippen LogP contribution in [0.1, 0.15) is 24.8 Å². The number of rotatable bonds is 5. The second kappa shape index (κ2) is 6.06. The Morgan fingerprint density at radius 2 is 2.12 bits per heavy atom. The van der Waals surface area contributed by atoms with Gasteiger partial charge in [0.25, 0.3) is 0 Å². The van der Waals surface area contributed by atoms with E-state index in [1.807, 2.05) is 6.07 Å². The molecule has 0 aliphatic heterocycles. The molecule has 2 heteroatoms. The fourth-order valence-electron chi connectivity index (χ4n) is 3.02. The van der Waals surface area contributed by atoms with Crippen molar-refractivity contribution in [3.63, 3.8) is 0 Å². The Kier molecular flexibility index (Phi) is 4.43. The first kappa shape index (κ1) is 12.4. The molecule has 0 radical (unpaired) electrons. The highest BCUT2D eigenvalue weighted by Crippen LogP contribution is 2.34. The highest BCUT2D eigenvalue weighted by atomic mass is 16.5. The molecule has 0 aromatic heterocycles. The largest absolute Gasteiger partial charge is 0.497 e. The van der Waals surface area contributed by atoms with Gasteiger partial charge in [-0.15, -0.1) is 0 Å². The van der Waals surface area contributed by atoms with Gasteiger partial charge in [-0.25, -0.2) is 0 Å². The van der Waals surface area contributed by atoms with Crippen LogP contribution < -0.4 is 10.1 Å². The van der Waals surface area contributed by atoms with Gasteiger partial charge >= 0.3 is 0 Å². The summed E-state index contributed by atoms with van der Waals surface area (Å²) in [6.07, 6.45) is 5.35. The van der Waals surface area contributed by atoms with E-state index < -0.39 is 0 Å². The third-order valence-corrected chi connectivity index (χ3v) is 3.91.